The molecule has 2 heterocycles. The maximum Gasteiger partial charge on any atom is 0.253 e. The molecule has 0 spiro atoms. The van der Waals surface area contributed by atoms with Gasteiger partial charge in [0.2, 0.25) is 5.91 Å². The minimum Gasteiger partial charge on any atom is -0.467 e. The summed E-state index contributed by atoms with van der Waals surface area (Å²) in [6, 6.07) is 14.1. The number of carbonyl (C=O) groups excluding carboxylic acids is 2. The van der Waals surface area contributed by atoms with Gasteiger partial charge in [-0.3, -0.25) is 9.59 Å². The number of hydrogen-bond donors (Lipinski definition) is 3. The van der Waals surface area contributed by atoms with Crippen molar-refractivity contribution in [3.63, 3.8) is 0 Å². The number of furan rings is 1. The molecule has 136 valence electrons. The van der Waals surface area contributed by atoms with Crippen LogP contribution < -0.4 is 16.0 Å². The first kappa shape index (κ1) is 18.2. The summed E-state index contributed by atoms with van der Waals surface area (Å²) < 4.78 is 5.19. The maximum absolute atomic E-state index is 12.4. The molecule has 2 aromatic heterocycles. The molecule has 0 aliphatic heterocycles. The van der Waals surface area contributed by atoms with Crippen LogP contribution in [0.4, 0.5) is 10.7 Å². The van der Waals surface area contributed by atoms with E-state index in [1.165, 1.54) is 11.3 Å². The average Bonchev–Trinajstić information content (AvgIpc) is 3.36. The normalized spacial score (nSPS) is 10.0. The van der Waals surface area contributed by atoms with E-state index in [0.717, 1.165) is 0 Å². The van der Waals surface area contributed by atoms with Gasteiger partial charge in [0.15, 0.2) is 0 Å². The predicted octanol–water partition coefficient (Wildman–Crippen LogP) is 3.19. The molecule has 3 rings (SSSR count). The zero-order chi connectivity index (χ0) is 19.1. The van der Waals surface area contributed by atoms with Crippen LogP contribution in [0.25, 0.3) is 0 Å². The van der Waals surface area contributed by atoms with E-state index >= 15 is 0 Å². The Morgan fingerprint density at radius 1 is 1.15 bits per heavy atom. The van der Waals surface area contributed by atoms with Crippen LogP contribution in [-0.2, 0) is 11.3 Å². The van der Waals surface area contributed by atoms with Gasteiger partial charge >= 0.3 is 0 Å². The molecule has 0 saturated carbocycles. The third kappa shape index (κ3) is 4.74. The molecule has 7 nitrogen and oxygen atoms in total. The standard InChI is InChI=1S/C19H16N4O3S/c20-10-13-7-9-27-19(13)23-17(24)12-21-16-6-2-1-5-15(16)18(25)22-11-14-4-3-8-26-14/h1-9,21H,11-12H2,(H,22,25)(H,23,24). The minimum atomic E-state index is -0.306. The number of thiophene rings is 1. The molecule has 0 aliphatic carbocycles. The van der Waals surface area contributed by atoms with Crippen molar-refractivity contribution in [2.45, 2.75) is 6.54 Å². The number of anilines is 2. The van der Waals surface area contributed by atoms with Gasteiger partial charge < -0.3 is 20.4 Å². The van der Waals surface area contributed by atoms with E-state index in [-0.39, 0.29) is 24.9 Å². The van der Waals surface area contributed by atoms with E-state index in [4.69, 9.17) is 9.68 Å². The van der Waals surface area contributed by atoms with Crippen molar-refractivity contribution in [2.75, 3.05) is 17.2 Å². The van der Waals surface area contributed by atoms with Crippen molar-refractivity contribution in [1.29, 1.82) is 5.26 Å². The van der Waals surface area contributed by atoms with Crippen molar-refractivity contribution < 1.29 is 14.0 Å². The molecule has 3 aromatic rings. The number of carbonyl (C=O) groups is 2. The van der Waals surface area contributed by atoms with E-state index in [2.05, 4.69) is 16.0 Å². The first-order chi connectivity index (χ1) is 13.2. The van der Waals surface area contributed by atoms with Crippen LogP contribution in [-0.4, -0.2) is 18.4 Å². The summed E-state index contributed by atoms with van der Waals surface area (Å²) in [5.41, 5.74) is 1.38. The molecule has 0 radical (unpaired) electrons. The molecular formula is C19H16N4O3S. The number of nitriles is 1. The Kier molecular flexibility index (Phi) is 5.87. The summed E-state index contributed by atoms with van der Waals surface area (Å²) in [6.07, 6.45) is 1.54. The molecule has 8 heteroatoms. The average molecular weight is 380 g/mol. The molecular weight excluding hydrogens is 364 g/mol. The zero-order valence-electron chi connectivity index (χ0n) is 14.2. The molecule has 1 aromatic carbocycles. The van der Waals surface area contributed by atoms with Gasteiger partial charge in [0.25, 0.3) is 5.91 Å². The van der Waals surface area contributed by atoms with Gasteiger partial charge in [-0.2, -0.15) is 5.26 Å². The van der Waals surface area contributed by atoms with Gasteiger partial charge in [-0.05, 0) is 35.7 Å². The zero-order valence-corrected chi connectivity index (χ0v) is 15.0. The Morgan fingerprint density at radius 3 is 2.78 bits per heavy atom. The smallest absolute Gasteiger partial charge is 0.253 e. The van der Waals surface area contributed by atoms with Crippen LogP contribution in [0.15, 0.2) is 58.5 Å². The highest BCUT2D eigenvalue weighted by Gasteiger charge is 2.13. The number of nitrogens with one attached hydrogen (secondary N) is 3. The predicted molar refractivity (Wildman–Crippen MR) is 102 cm³/mol. The SMILES string of the molecule is N#Cc1ccsc1NC(=O)CNc1ccccc1C(=O)NCc1ccco1. The Labute approximate surface area is 159 Å². The topological polar surface area (TPSA) is 107 Å². The van der Waals surface area contributed by atoms with E-state index in [9.17, 15) is 9.59 Å². The first-order valence-electron chi connectivity index (χ1n) is 8.08. The summed E-state index contributed by atoms with van der Waals surface area (Å²) in [5.74, 6) is 0.0668. The summed E-state index contributed by atoms with van der Waals surface area (Å²) in [7, 11) is 0. The Bertz CT molecular complexity index is 973. The third-order valence-electron chi connectivity index (χ3n) is 3.65. The lowest BCUT2D eigenvalue weighted by molar-refractivity contribution is -0.114. The van der Waals surface area contributed by atoms with Crippen LogP contribution in [0.5, 0.6) is 0 Å². The van der Waals surface area contributed by atoms with Gasteiger partial charge in [-0.25, -0.2) is 0 Å². The van der Waals surface area contributed by atoms with Gasteiger partial charge in [0, 0.05) is 5.69 Å². The van der Waals surface area contributed by atoms with Crippen molar-refractivity contribution in [2.24, 2.45) is 0 Å². The van der Waals surface area contributed by atoms with Crippen LogP contribution in [0.2, 0.25) is 0 Å². The van der Waals surface area contributed by atoms with E-state index in [1.807, 2.05) is 6.07 Å². The molecule has 0 aliphatic rings. The van der Waals surface area contributed by atoms with E-state index < -0.39 is 0 Å². The fourth-order valence-electron chi connectivity index (χ4n) is 2.35. The number of benzene rings is 1. The van der Waals surface area contributed by atoms with Crippen LogP contribution in [0, 0.1) is 11.3 Å². The number of rotatable bonds is 7. The molecule has 0 bridgehead atoms. The lowest BCUT2D eigenvalue weighted by Gasteiger charge is -2.12. The molecule has 27 heavy (non-hydrogen) atoms. The number of amides is 2. The molecule has 0 unspecified atom stereocenters. The first-order valence-corrected chi connectivity index (χ1v) is 8.96. The Morgan fingerprint density at radius 2 is 2.00 bits per heavy atom. The second-order valence-electron chi connectivity index (χ2n) is 5.48. The quantitative estimate of drug-likeness (QED) is 0.583. The van der Waals surface area contributed by atoms with Crippen LogP contribution in [0.1, 0.15) is 21.7 Å². The second-order valence-corrected chi connectivity index (χ2v) is 6.40. The van der Waals surface area contributed by atoms with Gasteiger partial charge in [-0.15, -0.1) is 11.3 Å². The molecule has 3 N–H and O–H groups in total. The minimum absolute atomic E-state index is 0.0365. The summed E-state index contributed by atoms with van der Waals surface area (Å²) in [4.78, 5) is 24.5. The largest absolute Gasteiger partial charge is 0.467 e. The van der Waals surface area contributed by atoms with Crippen molar-refractivity contribution in [1.82, 2.24) is 5.32 Å². The highest BCUT2D eigenvalue weighted by Crippen LogP contribution is 2.22. The van der Waals surface area contributed by atoms with Gasteiger partial charge in [0.05, 0.1) is 30.5 Å². The van der Waals surface area contributed by atoms with E-state index in [0.29, 0.717) is 27.6 Å². The monoisotopic (exact) mass is 380 g/mol. The van der Waals surface area contributed by atoms with Crippen molar-refractivity contribution >= 4 is 33.8 Å². The van der Waals surface area contributed by atoms with Crippen LogP contribution in [0.3, 0.4) is 0 Å². The number of hydrogen-bond acceptors (Lipinski definition) is 6. The Balaban J connectivity index is 1.59. The van der Waals surface area contributed by atoms with E-state index in [1.54, 1.807) is 54.1 Å². The molecule has 2 amide bonds. The number of para-hydroxylation sites is 1. The Hall–Kier alpha value is -3.57. The summed E-state index contributed by atoms with van der Waals surface area (Å²) in [6.45, 7) is 0.237. The maximum atomic E-state index is 12.4. The summed E-state index contributed by atoms with van der Waals surface area (Å²) in [5, 5.41) is 19.6. The fraction of sp³-hybridized carbons (Fsp3) is 0.105. The lowest BCUT2D eigenvalue weighted by Crippen LogP contribution is -2.26. The molecule has 0 atom stereocenters. The third-order valence-corrected chi connectivity index (χ3v) is 4.48. The van der Waals surface area contributed by atoms with Crippen molar-refractivity contribution in [3.05, 3.63) is 71.0 Å². The van der Waals surface area contributed by atoms with Crippen LogP contribution >= 0.6 is 11.3 Å². The van der Waals surface area contributed by atoms with Gasteiger partial charge in [0.1, 0.15) is 16.8 Å². The van der Waals surface area contributed by atoms with Crippen molar-refractivity contribution in [3.8, 4) is 6.07 Å². The lowest BCUT2D eigenvalue weighted by atomic mass is 10.1. The second kappa shape index (κ2) is 8.69. The highest BCUT2D eigenvalue weighted by atomic mass is 32.1. The molecule has 0 saturated heterocycles. The van der Waals surface area contributed by atoms with Gasteiger partial charge in [-0.1, -0.05) is 12.1 Å². The fourth-order valence-corrected chi connectivity index (χ4v) is 3.11. The molecule has 0 fully saturated rings. The number of nitrogens with zero attached hydrogens (tertiary/aromatic N) is 1. The highest BCUT2D eigenvalue weighted by molar-refractivity contribution is 7.14. The summed E-state index contributed by atoms with van der Waals surface area (Å²) >= 11 is 1.28.